The molecule has 0 fully saturated rings. The molecule has 2 nitrogen and oxygen atoms in total. The second kappa shape index (κ2) is 6.37. The third kappa shape index (κ3) is 3.58. The molecule has 0 saturated heterocycles. The van der Waals surface area contributed by atoms with Crippen LogP contribution in [0.4, 0.5) is 4.39 Å². The summed E-state index contributed by atoms with van der Waals surface area (Å²) in [5, 5.41) is 0. The molecule has 0 spiro atoms. The normalized spacial score (nSPS) is 13.8. The highest BCUT2D eigenvalue weighted by Gasteiger charge is 2.19. The van der Waals surface area contributed by atoms with E-state index in [0.717, 1.165) is 15.6 Å². The molecular formula is C16H17BrFNO. The van der Waals surface area contributed by atoms with Crippen LogP contribution in [0.2, 0.25) is 0 Å². The fourth-order valence-corrected chi connectivity index (χ4v) is 2.23. The molecule has 0 bridgehead atoms. The van der Waals surface area contributed by atoms with Gasteiger partial charge in [-0.2, -0.15) is 0 Å². The van der Waals surface area contributed by atoms with Crippen molar-refractivity contribution < 1.29 is 9.13 Å². The number of rotatable bonds is 4. The molecule has 2 aromatic carbocycles. The molecule has 0 heterocycles. The van der Waals surface area contributed by atoms with Gasteiger partial charge >= 0.3 is 0 Å². The number of hydrogen-bond donors (Lipinski definition) is 1. The highest BCUT2D eigenvalue weighted by Crippen LogP contribution is 2.28. The van der Waals surface area contributed by atoms with E-state index in [1.54, 1.807) is 12.1 Å². The van der Waals surface area contributed by atoms with Gasteiger partial charge in [0, 0.05) is 10.5 Å². The molecule has 0 aliphatic rings. The van der Waals surface area contributed by atoms with E-state index in [9.17, 15) is 4.39 Å². The van der Waals surface area contributed by atoms with Gasteiger partial charge in [0.05, 0.1) is 0 Å². The lowest BCUT2D eigenvalue weighted by Crippen LogP contribution is -2.29. The van der Waals surface area contributed by atoms with Gasteiger partial charge in [-0.1, -0.05) is 34.1 Å². The van der Waals surface area contributed by atoms with Gasteiger partial charge in [-0.3, -0.25) is 0 Å². The van der Waals surface area contributed by atoms with Crippen molar-refractivity contribution in [1.29, 1.82) is 0 Å². The lowest BCUT2D eigenvalue weighted by atomic mass is 10.0. The minimum atomic E-state index is -0.389. The van der Waals surface area contributed by atoms with Crippen molar-refractivity contribution in [2.75, 3.05) is 0 Å². The summed E-state index contributed by atoms with van der Waals surface area (Å²) in [7, 11) is 0. The van der Waals surface area contributed by atoms with Gasteiger partial charge in [0.15, 0.2) is 11.6 Å². The Bertz CT molecular complexity index is 584. The van der Waals surface area contributed by atoms with Crippen molar-refractivity contribution in [3.8, 4) is 5.75 Å². The average molecular weight is 338 g/mol. The molecule has 0 amide bonds. The maximum Gasteiger partial charge on any atom is 0.165 e. The van der Waals surface area contributed by atoms with Gasteiger partial charge in [-0.05, 0) is 49.2 Å². The third-order valence-corrected chi connectivity index (χ3v) is 3.55. The van der Waals surface area contributed by atoms with E-state index < -0.39 is 0 Å². The Kier molecular flexibility index (Phi) is 4.78. The van der Waals surface area contributed by atoms with E-state index in [-0.39, 0.29) is 23.7 Å². The molecule has 106 valence electrons. The van der Waals surface area contributed by atoms with Crippen molar-refractivity contribution in [3.05, 3.63) is 63.9 Å². The van der Waals surface area contributed by atoms with E-state index in [1.165, 1.54) is 6.07 Å². The Morgan fingerprint density at radius 3 is 2.40 bits per heavy atom. The topological polar surface area (TPSA) is 35.2 Å². The molecular weight excluding hydrogens is 321 g/mol. The Morgan fingerprint density at radius 1 is 1.15 bits per heavy atom. The molecule has 2 unspecified atom stereocenters. The lowest BCUT2D eigenvalue weighted by molar-refractivity contribution is 0.172. The SMILES string of the molecule is Cc1ccc(F)c(OC(c2ccc(Br)cc2)C(C)N)c1. The van der Waals surface area contributed by atoms with E-state index in [4.69, 9.17) is 10.5 Å². The molecule has 0 radical (unpaired) electrons. The van der Waals surface area contributed by atoms with Crippen LogP contribution >= 0.6 is 15.9 Å². The van der Waals surface area contributed by atoms with E-state index in [0.29, 0.717) is 0 Å². The van der Waals surface area contributed by atoms with E-state index in [1.807, 2.05) is 38.1 Å². The summed E-state index contributed by atoms with van der Waals surface area (Å²) in [5.41, 5.74) is 7.85. The Morgan fingerprint density at radius 2 is 1.80 bits per heavy atom. The molecule has 2 rings (SSSR count). The fraction of sp³-hybridized carbons (Fsp3) is 0.250. The summed E-state index contributed by atoms with van der Waals surface area (Å²) in [6.07, 6.45) is -0.389. The van der Waals surface area contributed by atoms with E-state index >= 15 is 0 Å². The van der Waals surface area contributed by atoms with Crippen LogP contribution in [0.5, 0.6) is 5.75 Å². The molecule has 4 heteroatoms. The van der Waals surface area contributed by atoms with Gasteiger partial charge in [0.2, 0.25) is 0 Å². The van der Waals surface area contributed by atoms with Crippen molar-refractivity contribution in [1.82, 2.24) is 0 Å². The minimum Gasteiger partial charge on any atom is -0.481 e. The summed E-state index contributed by atoms with van der Waals surface area (Å²) in [4.78, 5) is 0. The first-order chi connectivity index (χ1) is 9.47. The molecule has 2 aromatic rings. The van der Waals surface area contributed by atoms with Crippen LogP contribution in [0.25, 0.3) is 0 Å². The van der Waals surface area contributed by atoms with E-state index in [2.05, 4.69) is 15.9 Å². The van der Waals surface area contributed by atoms with Gasteiger partial charge < -0.3 is 10.5 Å². The van der Waals surface area contributed by atoms with Crippen molar-refractivity contribution in [2.45, 2.75) is 26.0 Å². The third-order valence-electron chi connectivity index (χ3n) is 3.02. The zero-order chi connectivity index (χ0) is 14.7. The van der Waals surface area contributed by atoms with Crippen LogP contribution in [-0.4, -0.2) is 6.04 Å². The van der Waals surface area contributed by atoms with Gasteiger partial charge in [0.1, 0.15) is 6.10 Å². The molecule has 0 aliphatic carbocycles. The summed E-state index contributed by atoms with van der Waals surface area (Å²) in [6.45, 7) is 3.74. The first kappa shape index (κ1) is 15.0. The first-order valence-electron chi connectivity index (χ1n) is 6.41. The molecule has 0 aliphatic heterocycles. The molecule has 20 heavy (non-hydrogen) atoms. The van der Waals surface area contributed by atoms with Crippen LogP contribution in [-0.2, 0) is 0 Å². The van der Waals surface area contributed by atoms with Crippen LogP contribution in [0, 0.1) is 12.7 Å². The monoisotopic (exact) mass is 337 g/mol. The van der Waals surface area contributed by atoms with Crippen molar-refractivity contribution in [3.63, 3.8) is 0 Å². The zero-order valence-electron chi connectivity index (χ0n) is 11.4. The maximum absolute atomic E-state index is 13.8. The van der Waals surface area contributed by atoms with Gasteiger partial charge in [-0.25, -0.2) is 4.39 Å². The van der Waals surface area contributed by atoms with Crippen LogP contribution in [0.1, 0.15) is 24.2 Å². The Labute approximate surface area is 126 Å². The summed E-state index contributed by atoms with van der Waals surface area (Å²) < 4.78 is 20.6. The maximum atomic E-state index is 13.8. The Balaban J connectivity index is 2.30. The number of aryl methyl sites for hydroxylation is 1. The lowest BCUT2D eigenvalue weighted by Gasteiger charge is -2.23. The predicted molar refractivity (Wildman–Crippen MR) is 82.3 cm³/mol. The number of hydrogen-bond acceptors (Lipinski definition) is 2. The minimum absolute atomic E-state index is 0.232. The molecule has 2 atom stereocenters. The molecule has 2 N–H and O–H groups in total. The second-order valence-electron chi connectivity index (χ2n) is 4.88. The average Bonchev–Trinajstić information content (AvgIpc) is 2.40. The summed E-state index contributed by atoms with van der Waals surface area (Å²) in [5.74, 6) is -0.145. The molecule has 0 saturated carbocycles. The first-order valence-corrected chi connectivity index (χ1v) is 7.20. The number of benzene rings is 2. The fourth-order valence-electron chi connectivity index (χ4n) is 1.97. The summed E-state index contributed by atoms with van der Waals surface area (Å²) in [6, 6.07) is 12.2. The van der Waals surface area contributed by atoms with Crippen molar-refractivity contribution >= 4 is 15.9 Å². The standard InChI is InChI=1S/C16H17BrFNO/c1-10-3-8-14(18)15(9-10)20-16(11(2)19)12-4-6-13(17)7-5-12/h3-9,11,16H,19H2,1-2H3. The van der Waals surface area contributed by atoms with Crippen LogP contribution in [0.3, 0.4) is 0 Å². The highest BCUT2D eigenvalue weighted by molar-refractivity contribution is 9.10. The summed E-state index contributed by atoms with van der Waals surface area (Å²) >= 11 is 3.39. The Hall–Kier alpha value is -1.39. The van der Waals surface area contributed by atoms with Crippen LogP contribution < -0.4 is 10.5 Å². The van der Waals surface area contributed by atoms with Gasteiger partial charge in [0.25, 0.3) is 0 Å². The smallest absolute Gasteiger partial charge is 0.165 e. The van der Waals surface area contributed by atoms with Gasteiger partial charge in [-0.15, -0.1) is 0 Å². The predicted octanol–water partition coefficient (Wildman–Crippen LogP) is 4.36. The number of ether oxygens (including phenoxy) is 1. The largest absolute Gasteiger partial charge is 0.481 e. The van der Waals surface area contributed by atoms with Crippen LogP contribution in [0.15, 0.2) is 46.9 Å². The van der Waals surface area contributed by atoms with Crippen molar-refractivity contribution in [2.24, 2.45) is 5.73 Å². The quantitative estimate of drug-likeness (QED) is 0.899. The number of nitrogens with two attached hydrogens (primary N) is 1. The number of halogens is 2. The molecule has 0 aromatic heterocycles. The highest BCUT2D eigenvalue weighted by atomic mass is 79.9. The zero-order valence-corrected chi connectivity index (χ0v) is 13.0. The second-order valence-corrected chi connectivity index (χ2v) is 5.80.